The van der Waals surface area contributed by atoms with Gasteiger partial charge in [0.1, 0.15) is 0 Å². The molecule has 2 aromatic rings. The highest BCUT2D eigenvalue weighted by atomic mass is 16.5. The SMILES string of the molecule is COC(=O)c1ncn(C2CCCCC2)c1-c1ccccc1. The fourth-order valence-electron chi connectivity index (χ4n) is 3.13. The summed E-state index contributed by atoms with van der Waals surface area (Å²) in [5, 5.41) is 0. The summed E-state index contributed by atoms with van der Waals surface area (Å²) < 4.78 is 7.05. The largest absolute Gasteiger partial charge is 0.464 e. The molecule has 1 saturated carbocycles. The van der Waals surface area contributed by atoms with Gasteiger partial charge < -0.3 is 9.30 Å². The molecule has 3 rings (SSSR count). The van der Waals surface area contributed by atoms with Crippen molar-refractivity contribution in [3.05, 3.63) is 42.4 Å². The average Bonchev–Trinajstić information content (AvgIpc) is 3.00. The van der Waals surface area contributed by atoms with Gasteiger partial charge in [0.05, 0.1) is 19.1 Å². The van der Waals surface area contributed by atoms with E-state index in [1.807, 2.05) is 30.3 Å². The minimum atomic E-state index is -0.372. The minimum Gasteiger partial charge on any atom is -0.464 e. The number of hydrogen-bond acceptors (Lipinski definition) is 3. The van der Waals surface area contributed by atoms with Crippen molar-refractivity contribution >= 4 is 5.97 Å². The molecule has 0 bridgehead atoms. The summed E-state index contributed by atoms with van der Waals surface area (Å²) in [6.07, 6.45) is 7.88. The molecule has 0 amide bonds. The van der Waals surface area contributed by atoms with E-state index in [4.69, 9.17) is 4.74 Å². The number of ether oxygens (including phenoxy) is 1. The number of carbonyl (C=O) groups excluding carboxylic acids is 1. The molecule has 1 aliphatic carbocycles. The van der Waals surface area contributed by atoms with Gasteiger partial charge in [-0.25, -0.2) is 9.78 Å². The van der Waals surface area contributed by atoms with E-state index in [0.29, 0.717) is 11.7 Å². The van der Waals surface area contributed by atoms with Crippen LogP contribution in [0.2, 0.25) is 0 Å². The first kappa shape index (κ1) is 13.9. The van der Waals surface area contributed by atoms with Crippen LogP contribution in [0, 0.1) is 0 Å². The molecule has 4 nitrogen and oxygen atoms in total. The van der Waals surface area contributed by atoms with Crippen molar-refractivity contribution in [2.45, 2.75) is 38.1 Å². The van der Waals surface area contributed by atoms with Gasteiger partial charge in [-0.3, -0.25) is 0 Å². The Morgan fingerprint density at radius 2 is 1.90 bits per heavy atom. The number of methoxy groups -OCH3 is 1. The van der Waals surface area contributed by atoms with E-state index in [0.717, 1.165) is 24.1 Å². The maximum atomic E-state index is 12.0. The van der Waals surface area contributed by atoms with Gasteiger partial charge in [-0.05, 0) is 12.8 Å². The molecular weight excluding hydrogens is 264 g/mol. The number of carbonyl (C=O) groups is 1. The van der Waals surface area contributed by atoms with E-state index < -0.39 is 0 Å². The van der Waals surface area contributed by atoms with Crippen LogP contribution in [0.1, 0.15) is 48.6 Å². The quantitative estimate of drug-likeness (QED) is 0.804. The lowest BCUT2D eigenvalue weighted by molar-refractivity contribution is 0.0595. The fraction of sp³-hybridized carbons (Fsp3) is 0.412. The number of nitrogens with zero attached hydrogens (tertiary/aromatic N) is 2. The monoisotopic (exact) mass is 284 g/mol. The third-order valence-electron chi connectivity index (χ3n) is 4.19. The minimum absolute atomic E-state index is 0.372. The van der Waals surface area contributed by atoms with Crippen LogP contribution in [0.4, 0.5) is 0 Å². The lowest BCUT2D eigenvalue weighted by atomic mass is 9.94. The third-order valence-corrected chi connectivity index (χ3v) is 4.19. The highest BCUT2D eigenvalue weighted by Gasteiger charge is 2.24. The first-order valence-electron chi connectivity index (χ1n) is 7.52. The molecule has 1 aromatic heterocycles. The van der Waals surface area contributed by atoms with Crippen LogP contribution in [0.15, 0.2) is 36.7 Å². The highest BCUT2D eigenvalue weighted by Crippen LogP contribution is 2.34. The lowest BCUT2D eigenvalue weighted by Gasteiger charge is -2.25. The number of esters is 1. The molecule has 110 valence electrons. The summed E-state index contributed by atoms with van der Waals surface area (Å²) in [5.74, 6) is -0.372. The standard InChI is InChI=1S/C17H20N2O2/c1-21-17(20)15-16(13-8-4-2-5-9-13)19(12-18-15)14-10-6-3-7-11-14/h2,4-5,8-9,12,14H,3,6-7,10-11H2,1H3. The maximum absolute atomic E-state index is 12.0. The zero-order valence-electron chi connectivity index (χ0n) is 12.3. The smallest absolute Gasteiger partial charge is 0.358 e. The van der Waals surface area contributed by atoms with Crippen molar-refractivity contribution in [1.82, 2.24) is 9.55 Å². The van der Waals surface area contributed by atoms with Crippen LogP contribution in [-0.2, 0) is 4.74 Å². The van der Waals surface area contributed by atoms with E-state index >= 15 is 0 Å². The van der Waals surface area contributed by atoms with Gasteiger partial charge in [-0.1, -0.05) is 49.6 Å². The topological polar surface area (TPSA) is 44.1 Å². The van der Waals surface area contributed by atoms with Crippen molar-refractivity contribution in [3.8, 4) is 11.3 Å². The zero-order chi connectivity index (χ0) is 14.7. The Bertz CT molecular complexity index is 613. The molecule has 0 saturated heterocycles. The number of benzene rings is 1. The fourth-order valence-corrected chi connectivity index (χ4v) is 3.13. The molecule has 0 N–H and O–H groups in total. The molecule has 4 heteroatoms. The van der Waals surface area contributed by atoms with Crippen molar-refractivity contribution in [1.29, 1.82) is 0 Å². The third kappa shape index (κ3) is 2.71. The van der Waals surface area contributed by atoms with Gasteiger partial charge in [0.2, 0.25) is 0 Å². The summed E-state index contributed by atoms with van der Waals surface area (Å²) in [6, 6.07) is 10.4. The van der Waals surface area contributed by atoms with Crippen molar-refractivity contribution in [2.24, 2.45) is 0 Å². The van der Waals surface area contributed by atoms with Crippen LogP contribution < -0.4 is 0 Å². The highest BCUT2D eigenvalue weighted by molar-refractivity contribution is 5.94. The van der Waals surface area contributed by atoms with Crippen molar-refractivity contribution in [3.63, 3.8) is 0 Å². The van der Waals surface area contributed by atoms with Gasteiger partial charge in [0.25, 0.3) is 0 Å². The second kappa shape index (κ2) is 6.12. The second-order valence-electron chi connectivity index (χ2n) is 5.50. The number of imidazole rings is 1. The van der Waals surface area contributed by atoms with E-state index in [2.05, 4.69) is 9.55 Å². The van der Waals surface area contributed by atoms with Gasteiger partial charge in [-0.2, -0.15) is 0 Å². The van der Waals surface area contributed by atoms with Gasteiger partial charge in [-0.15, -0.1) is 0 Å². The Morgan fingerprint density at radius 1 is 1.19 bits per heavy atom. The Hall–Kier alpha value is -2.10. The molecule has 1 aliphatic rings. The normalized spacial score (nSPS) is 15.9. The molecule has 0 spiro atoms. The van der Waals surface area contributed by atoms with Gasteiger partial charge >= 0.3 is 5.97 Å². The van der Waals surface area contributed by atoms with Crippen LogP contribution >= 0.6 is 0 Å². The molecular formula is C17H20N2O2. The van der Waals surface area contributed by atoms with Crippen LogP contribution in [0.5, 0.6) is 0 Å². The van der Waals surface area contributed by atoms with Gasteiger partial charge in [0, 0.05) is 11.6 Å². The summed E-state index contributed by atoms with van der Waals surface area (Å²) in [5.41, 5.74) is 2.31. The Kier molecular flexibility index (Phi) is 4.04. The first-order chi connectivity index (χ1) is 10.3. The molecule has 0 radical (unpaired) electrons. The predicted octanol–water partition coefficient (Wildman–Crippen LogP) is 3.84. The predicted molar refractivity (Wildman–Crippen MR) is 81.1 cm³/mol. The van der Waals surface area contributed by atoms with E-state index in [1.54, 1.807) is 6.33 Å². The summed E-state index contributed by atoms with van der Waals surface area (Å²) in [6.45, 7) is 0. The molecule has 1 heterocycles. The zero-order valence-corrected chi connectivity index (χ0v) is 12.3. The van der Waals surface area contributed by atoms with Crippen LogP contribution in [0.25, 0.3) is 11.3 Å². The van der Waals surface area contributed by atoms with Gasteiger partial charge in [0.15, 0.2) is 5.69 Å². The van der Waals surface area contributed by atoms with Crippen molar-refractivity contribution in [2.75, 3.05) is 7.11 Å². The number of hydrogen-bond donors (Lipinski definition) is 0. The average molecular weight is 284 g/mol. The Balaban J connectivity index is 2.08. The summed E-state index contributed by atoms with van der Waals surface area (Å²) in [7, 11) is 1.40. The second-order valence-corrected chi connectivity index (χ2v) is 5.50. The van der Waals surface area contributed by atoms with E-state index in [9.17, 15) is 4.79 Å². The van der Waals surface area contributed by atoms with Crippen LogP contribution in [0.3, 0.4) is 0 Å². The summed E-state index contributed by atoms with van der Waals surface area (Å²) >= 11 is 0. The van der Waals surface area contributed by atoms with Crippen LogP contribution in [-0.4, -0.2) is 22.6 Å². The Labute approximate surface area is 124 Å². The summed E-state index contributed by atoms with van der Waals surface area (Å²) in [4.78, 5) is 16.3. The number of aromatic nitrogens is 2. The van der Waals surface area contributed by atoms with E-state index in [-0.39, 0.29) is 5.97 Å². The molecule has 21 heavy (non-hydrogen) atoms. The molecule has 0 atom stereocenters. The molecule has 0 aliphatic heterocycles. The Morgan fingerprint density at radius 3 is 2.57 bits per heavy atom. The number of rotatable bonds is 3. The maximum Gasteiger partial charge on any atom is 0.358 e. The molecule has 1 aromatic carbocycles. The van der Waals surface area contributed by atoms with Crippen molar-refractivity contribution < 1.29 is 9.53 Å². The first-order valence-corrected chi connectivity index (χ1v) is 7.52. The van der Waals surface area contributed by atoms with E-state index in [1.165, 1.54) is 26.4 Å². The lowest BCUT2D eigenvalue weighted by Crippen LogP contribution is -2.14. The molecule has 1 fully saturated rings. The molecule has 0 unspecified atom stereocenters.